The maximum absolute atomic E-state index is 4.66. The Morgan fingerprint density at radius 3 is 2.71 bits per heavy atom. The smallest absolute Gasteiger partial charge is 0.124 e. The van der Waals surface area contributed by atoms with Crippen LogP contribution in [0.4, 0.5) is 0 Å². The summed E-state index contributed by atoms with van der Waals surface area (Å²) >= 11 is 5.27. The van der Waals surface area contributed by atoms with Crippen molar-refractivity contribution in [2.45, 2.75) is 6.92 Å². The van der Waals surface area contributed by atoms with Crippen LogP contribution < -0.4 is 0 Å². The summed E-state index contributed by atoms with van der Waals surface area (Å²) in [4.78, 5) is 4.66. The average Bonchev–Trinajstić information content (AvgIpc) is 2.71. The predicted molar refractivity (Wildman–Crippen MR) is 77.5 cm³/mol. The monoisotopic (exact) mass is 303 g/mol. The van der Waals surface area contributed by atoms with Gasteiger partial charge in [0.15, 0.2) is 0 Å². The van der Waals surface area contributed by atoms with E-state index in [9.17, 15) is 0 Å². The zero-order chi connectivity index (χ0) is 11.8. The summed E-state index contributed by atoms with van der Waals surface area (Å²) in [5.74, 6) is 0. The summed E-state index contributed by atoms with van der Waals surface area (Å²) in [6.07, 6.45) is 0. The zero-order valence-corrected chi connectivity index (χ0v) is 11.7. The average molecular weight is 304 g/mol. The second-order valence-corrected chi connectivity index (χ2v) is 5.95. The Hall–Kier alpha value is -1.19. The second kappa shape index (κ2) is 4.24. The molecule has 1 heterocycles. The summed E-state index contributed by atoms with van der Waals surface area (Å²) in [6, 6.07) is 14.6. The molecule has 84 valence electrons. The Bertz CT molecular complexity index is 634. The maximum atomic E-state index is 4.66. The molecule has 0 spiro atoms. The van der Waals surface area contributed by atoms with Crippen molar-refractivity contribution >= 4 is 37.5 Å². The number of fused-ring (bicyclic) bond motifs is 1. The van der Waals surface area contributed by atoms with Crippen LogP contribution in [-0.4, -0.2) is 4.98 Å². The molecule has 0 N–H and O–H groups in total. The van der Waals surface area contributed by atoms with E-state index in [4.69, 9.17) is 0 Å². The van der Waals surface area contributed by atoms with Gasteiger partial charge in [-0.2, -0.15) is 0 Å². The van der Waals surface area contributed by atoms with Gasteiger partial charge in [0.2, 0.25) is 0 Å². The molecule has 0 atom stereocenters. The highest BCUT2D eigenvalue weighted by Crippen LogP contribution is 2.31. The van der Waals surface area contributed by atoms with Crippen molar-refractivity contribution in [2.75, 3.05) is 0 Å². The lowest BCUT2D eigenvalue weighted by atomic mass is 10.1. The summed E-state index contributed by atoms with van der Waals surface area (Å²) < 4.78 is 2.34. The van der Waals surface area contributed by atoms with Crippen molar-refractivity contribution < 1.29 is 0 Å². The molecule has 0 radical (unpaired) electrons. The number of hydrogen-bond acceptors (Lipinski definition) is 2. The molecule has 3 heteroatoms. The summed E-state index contributed by atoms with van der Waals surface area (Å²) in [5.41, 5.74) is 3.50. The molecule has 0 fully saturated rings. The molecule has 1 nitrogen and oxygen atoms in total. The number of aryl methyl sites for hydroxylation is 1. The van der Waals surface area contributed by atoms with E-state index in [2.05, 4.69) is 64.2 Å². The minimum Gasteiger partial charge on any atom is -0.236 e. The van der Waals surface area contributed by atoms with E-state index in [0.717, 1.165) is 15.0 Å². The topological polar surface area (TPSA) is 12.9 Å². The standard InChI is InChI=1S/C14H10BrNS/c1-9-6-10(8-11(15)7-9)14-16-12-4-2-3-5-13(12)17-14/h2-8H,1H3. The third-order valence-electron chi connectivity index (χ3n) is 2.58. The van der Waals surface area contributed by atoms with Gasteiger partial charge in [0.25, 0.3) is 0 Å². The van der Waals surface area contributed by atoms with E-state index in [1.165, 1.54) is 15.8 Å². The van der Waals surface area contributed by atoms with Crippen LogP contribution in [0.3, 0.4) is 0 Å². The third-order valence-corrected chi connectivity index (χ3v) is 4.13. The van der Waals surface area contributed by atoms with Crippen molar-refractivity contribution in [1.82, 2.24) is 4.98 Å². The van der Waals surface area contributed by atoms with Gasteiger partial charge in [-0.1, -0.05) is 28.1 Å². The third kappa shape index (κ3) is 2.13. The fourth-order valence-electron chi connectivity index (χ4n) is 1.86. The number of thiazole rings is 1. The normalized spacial score (nSPS) is 10.9. The van der Waals surface area contributed by atoms with E-state index >= 15 is 0 Å². The van der Waals surface area contributed by atoms with Gasteiger partial charge in [0.05, 0.1) is 10.2 Å². The minimum absolute atomic E-state index is 1.07. The van der Waals surface area contributed by atoms with Crippen molar-refractivity contribution in [3.63, 3.8) is 0 Å². The molecular formula is C14H10BrNS. The van der Waals surface area contributed by atoms with Crippen LogP contribution in [-0.2, 0) is 0 Å². The molecule has 0 amide bonds. The van der Waals surface area contributed by atoms with Crippen LogP contribution in [0.2, 0.25) is 0 Å². The van der Waals surface area contributed by atoms with Crippen molar-refractivity contribution in [3.8, 4) is 10.6 Å². The molecule has 3 aromatic rings. The Morgan fingerprint density at radius 2 is 1.94 bits per heavy atom. The Kier molecular flexibility index (Phi) is 2.73. The van der Waals surface area contributed by atoms with Gasteiger partial charge in [-0.25, -0.2) is 4.98 Å². The Morgan fingerprint density at radius 1 is 1.12 bits per heavy atom. The minimum atomic E-state index is 1.07. The molecule has 1 aromatic heterocycles. The first-order valence-electron chi connectivity index (χ1n) is 5.35. The number of nitrogens with zero attached hydrogens (tertiary/aromatic N) is 1. The van der Waals surface area contributed by atoms with E-state index in [1.807, 2.05) is 6.07 Å². The fraction of sp³-hybridized carbons (Fsp3) is 0.0714. The quantitative estimate of drug-likeness (QED) is 0.614. The van der Waals surface area contributed by atoms with Crippen molar-refractivity contribution in [3.05, 3.63) is 52.5 Å². The molecule has 3 rings (SSSR count). The first-order chi connectivity index (χ1) is 8.22. The van der Waals surface area contributed by atoms with Crippen LogP contribution >= 0.6 is 27.3 Å². The predicted octanol–water partition coefficient (Wildman–Crippen LogP) is 5.03. The van der Waals surface area contributed by atoms with E-state index in [1.54, 1.807) is 11.3 Å². The van der Waals surface area contributed by atoms with Gasteiger partial charge in [-0.3, -0.25) is 0 Å². The van der Waals surface area contributed by atoms with Gasteiger partial charge in [-0.15, -0.1) is 11.3 Å². The SMILES string of the molecule is Cc1cc(Br)cc(-c2nc3ccccc3s2)c1. The van der Waals surface area contributed by atoms with Crippen LogP contribution in [0, 0.1) is 6.92 Å². The summed E-state index contributed by atoms with van der Waals surface area (Å²) in [7, 11) is 0. The molecule has 0 aliphatic heterocycles. The second-order valence-electron chi connectivity index (χ2n) is 4.00. The first-order valence-corrected chi connectivity index (χ1v) is 6.96. The molecule has 17 heavy (non-hydrogen) atoms. The van der Waals surface area contributed by atoms with Gasteiger partial charge < -0.3 is 0 Å². The lowest BCUT2D eigenvalue weighted by molar-refractivity contribution is 1.42. The number of rotatable bonds is 1. The number of halogens is 1. The number of hydrogen-bond donors (Lipinski definition) is 0. The van der Waals surface area contributed by atoms with Gasteiger partial charge in [-0.05, 0) is 42.8 Å². The van der Waals surface area contributed by atoms with Crippen molar-refractivity contribution in [2.24, 2.45) is 0 Å². The summed E-state index contributed by atoms with van der Waals surface area (Å²) in [6.45, 7) is 2.10. The lowest BCUT2D eigenvalue weighted by Crippen LogP contribution is -1.79. The van der Waals surface area contributed by atoms with Gasteiger partial charge >= 0.3 is 0 Å². The van der Waals surface area contributed by atoms with Crippen LogP contribution in [0.5, 0.6) is 0 Å². The van der Waals surface area contributed by atoms with Crippen LogP contribution in [0.1, 0.15) is 5.56 Å². The molecule has 0 aliphatic carbocycles. The van der Waals surface area contributed by atoms with E-state index in [0.29, 0.717) is 0 Å². The van der Waals surface area contributed by atoms with E-state index < -0.39 is 0 Å². The number of benzene rings is 2. The molecule has 0 bridgehead atoms. The number of para-hydroxylation sites is 1. The molecule has 0 unspecified atom stereocenters. The largest absolute Gasteiger partial charge is 0.236 e. The fourth-order valence-corrected chi connectivity index (χ4v) is 3.42. The molecule has 0 aliphatic rings. The van der Waals surface area contributed by atoms with Crippen LogP contribution in [0.15, 0.2) is 46.9 Å². The highest BCUT2D eigenvalue weighted by molar-refractivity contribution is 9.10. The molecule has 2 aromatic carbocycles. The van der Waals surface area contributed by atoms with Crippen LogP contribution in [0.25, 0.3) is 20.8 Å². The first kappa shape index (κ1) is 10.9. The van der Waals surface area contributed by atoms with E-state index in [-0.39, 0.29) is 0 Å². The molecule has 0 saturated heterocycles. The van der Waals surface area contributed by atoms with Gasteiger partial charge in [0, 0.05) is 10.0 Å². The lowest BCUT2D eigenvalue weighted by Gasteiger charge is -1.99. The Balaban J connectivity index is 2.20. The van der Waals surface area contributed by atoms with Crippen molar-refractivity contribution in [1.29, 1.82) is 0 Å². The van der Waals surface area contributed by atoms with Gasteiger partial charge in [0.1, 0.15) is 5.01 Å². The maximum Gasteiger partial charge on any atom is 0.124 e. The highest BCUT2D eigenvalue weighted by atomic mass is 79.9. The highest BCUT2D eigenvalue weighted by Gasteiger charge is 2.06. The molecular weight excluding hydrogens is 294 g/mol. The Labute approximate surface area is 112 Å². The zero-order valence-electron chi connectivity index (χ0n) is 9.27. The number of aromatic nitrogens is 1. The molecule has 0 saturated carbocycles. The summed E-state index contributed by atoms with van der Waals surface area (Å²) in [5, 5.41) is 1.08.